The third-order valence-electron chi connectivity index (χ3n) is 3.70. The molecule has 1 fully saturated rings. The summed E-state index contributed by atoms with van der Waals surface area (Å²) in [7, 11) is 1.81. The van der Waals surface area contributed by atoms with Crippen molar-refractivity contribution in [2.75, 3.05) is 39.8 Å². The van der Waals surface area contributed by atoms with Gasteiger partial charge < -0.3 is 20.3 Å². The highest BCUT2D eigenvalue weighted by molar-refractivity contribution is 7.80. The molecule has 0 aromatic heterocycles. The molecule has 0 aliphatic carbocycles. The van der Waals surface area contributed by atoms with Crippen molar-refractivity contribution in [3.8, 4) is 0 Å². The van der Waals surface area contributed by atoms with Gasteiger partial charge in [0.25, 0.3) is 0 Å². The summed E-state index contributed by atoms with van der Waals surface area (Å²) < 4.78 is 5.62. The standard InChI is InChI=1S/C14H27N3O2S/c1-3-19-12-4-9-17(10-5-12)11-7-14(18)16(2)8-6-13(15)20/h12H,3-11H2,1-2H3,(H2,15,20). The van der Waals surface area contributed by atoms with Gasteiger partial charge in [0, 0.05) is 52.7 Å². The van der Waals surface area contributed by atoms with Crippen LogP contribution in [0.15, 0.2) is 0 Å². The lowest BCUT2D eigenvalue weighted by atomic mass is 10.1. The molecule has 20 heavy (non-hydrogen) atoms. The molecule has 1 aliphatic heterocycles. The van der Waals surface area contributed by atoms with Crippen LogP contribution in [0.25, 0.3) is 0 Å². The quantitative estimate of drug-likeness (QED) is 0.678. The Morgan fingerprint density at radius 2 is 2.05 bits per heavy atom. The normalized spacial score (nSPS) is 17.1. The van der Waals surface area contributed by atoms with Gasteiger partial charge in [0.2, 0.25) is 5.91 Å². The van der Waals surface area contributed by atoms with Crippen molar-refractivity contribution in [2.45, 2.75) is 38.7 Å². The predicted molar refractivity (Wildman–Crippen MR) is 84.7 cm³/mol. The lowest BCUT2D eigenvalue weighted by molar-refractivity contribution is -0.130. The van der Waals surface area contributed by atoms with Crippen LogP contribution in [0.2, 0.25) is 0 Å². The minimum atomic E-state index is 0.160. The Morgan fingerprint density at radius 3 is 2.60 bits per heavy atom. The zero-order chi connectivity index (χ0) is 15.0. The van der Waals surface area contributed by atoms with Gasteiger partial charge in [0.05, 0.1) is 11.1 Å². The Kier molecular flexibility index (Phi) is 8.02. The van der Waals surface area contributed by atoms with Crippen LogP contribution < -0.4 is 5.73 Å². The van der Waals surface area contributed by atoms with Crippen molar-refractivity contribution in [1.29, 1.82) is 0 Å². The number of piperidine rings is 1. The number of carbonyl (C=O) groups is 1. The molecule has 0 bridgehead atoms. The highest BCUT2D eigenvalue weighted by atomic mass is 32.1. The fourth-order valence-corrected chi connectivity index (χ4v) is 2.47. The number of carbonyl (C=O) groups excluding carboxylic acids is 1. The minimum absolute atomic E-state index is 0.160. The smallest absolute Gasteiger partial charge is 0.223 e. The predicted octanol–water partition coefficient (Wildman–Crippen LogP) is 1.01. The number of rotatable bonds is 8. The molecule has 0 radical (unpaired) electrons. The fourth-order valence-electron chi connectivity index (χ4n) is 2.38. The first kappa shape index (κ1) is 17.3. The molecule has 5 nitrogen and oxygen atoms in total. The number of ether oxygens (including phenoxy) is 1. The molecule has 1 aliphatic rings. The van der Waals surface area contributed by atoms with Crippen LogP contribution in [0.1, 0.15) is 32.6 Å². The SMILES string of the molecule is CCOC1CCN(CCC(=O)N(C)CCC(N)=S)CC1. The molecule has 116 valence electrons. The van der Waals surface area contributed by atoms with Crippen LogP contribution >= 0.6 is 12.2 Å². The number of likely N-dealkylation sites (tertiary alicyclic amines) is 1. The maximum absolute atomic E-state index is 12.0. The topological polar surface area (TPSA) is 58.8 Å². The van der Waals surface area contributed by atoms with E-state index in [4.69, 9.17) is 22.7 Å². The van der Waals surface area contributed by atoms with Gasteiger partial charge in [-0.3, -0.25) is 4.79 Å². The van der Waals surface area contributed by atoms with Gasteiger partial charge in [0.15, 0.2) is 0 Å². The Hall–Kier alpha value is -0.720. The Balaban J connectivity index is 2.17. The van der Waals surface area contributed by atoms with E-state index < -0.39 is 0 Å². The van der Waals surface area contributed by atoms with Crippen molar-refractivity contribution in [1.82, 2.24) is 9.80 Å². The van der Waals surface area contributed by atoms with Crippen LogP contribution in [0.5, 0.6) is 0 Å². The summed E-state index contributed by atoms with van der Waals surface area (Å²) in [5.74, 6) is 0.160. The van der Waals surface area contributed by atoms with E-state index in [0.29, 0.717) is 30.5 Å². The van der Waals surface area contributed by atoms with E-state index in [2.05, 4.69) is 4.90 Å². The summed E-state index contributed by atoms with van der Waals surface area (Å²) in [6, 6.07) is 0. The molecule has 1 saturated heterocycles. The summed E-state index contributed by atoms with van der Waals surface area (Å²) >= 11 is 4.82. The molecule has 6 heteroatoms. The third-order valence-corrected chi connectivity index (χ3v) is 3.90. The molecule has 1 amide bonds. The number of hydrogen-bond donors (Lipinski definition) is 1. The summed E-state index contributed by atoms with van der Waals surface area (Å²) in [5, 5.41) is 0. The van der Waals surface area contributed by atoms with E-state index in [1.165, 1.54) is 0 Å². The zero-order valence-corrected chi connectivity index (χ0v) is 13.5. The number of amides is 1. The van der Waals surface area contributed by atoms with Gasteiger partial charge in [-0.05, 0) is 19.8 Å². The van der Waals surface area contributed by atoms with Gasteiger partial charge in [-0.2, -0.15) is 0 Å². The van der Waals surface area contributed by atoms with Gasteiger partial charge in [-0.15, -0.1) is 0 Å². The fraction of sp³-hybridized carbons (Fsp3) is 0.857. The Morgan fingerprint density at radius 1 is 1.40 bits per heavy atom. The largest absolute Gasteiger partial charge is 0.393 e. The third kappa shape index (κ3) is 6.63. The van der Waals surface area contributed by atoms with Crippen molar-refractivity contribution < 1.29 is 9.53 Å². The summed E-state index contributed by atoms with van der Waals surface area (Å²) in [5.41, 5.74) is 5.44. The molecule has 0 aromatic carbocycles. The van der Waals surface area contributed by atoms with Gasteiger partial charge >= 0.3 is 0 Å². The first-order valence-corrected chi connectivity index (χ1v) is 7.80. The average molecular weight is 301 g/mol. The Bertz CT molecular complexity index is 318. The molecule has 0 aromatic rings. The Labute approximate surface area is 127 Å². The molecule has 2 N–H and O–H groups in total. The van der Waals surface area contributed by atoms with E-state index in [1.54, 1.807) is 4.90 Å². The second kappa shape index (κ2) is 9.26. The average Bonchev–Trinajstić information content (AvgIpc) is 2.44. The summed E-state index contributed by atoms with van der Waals surface area (Å²) in [6.45, 7) is 6.31. The van der Waals surface area contributed by atoms with Crippen LogP contribution in [-0.4, -0.2) is 66.6 Å². The lowest BCUT2D eigenvalue weighted by Gasteiger charge is -2.31. The highest BCUT2D eigenvalue weighted by Crippen LogP contribution is 2.13. The van der Waals surface area contributed by atoms with Crippen LogP contribution in [0, 0.1) is 0 Å². The van der Waals surface area contributed by atoms with E-state index in [9.17, 15) is 4.79 Å². The summed E-state index contributed by atoms with van der Waals surface area (Å²) in [4.78, 5) is 16.5. The monoisotopic (exact) mass is 301 g/mol. The van der Waals surface area contributed by atoms with Crippen LogP contribution in [0.3, 0.4) is 0 Å². The molecule has 0 saturated carbocycles. The number of thiocarbonyl (C=S) groups is 1. The van der Waals surface area contributed by atoms with Crippen molar-refractivity contribution in [2.24, 2.45) is 5.73 Å². The number of hydrogen-bond acceptors (Lipinski definition) is 4. The van der Waals surface area contributed by atoms with Gasteiger partial charge in [-0.1, -0.05) is 12.2 Å². The maximum atomic E-state index is 12.0. The van der Waals surface area contributed by atoms with Crippen molar-refractivity contribution in [3.63, 3.8) is 0 Å². The van der Waals surface area contributed by atoms with Gasteiger partial charge in [-0.25, -0.2) is 0 Å². The molecular weight excluding hydrogens is 274 g/mol. The molecule has 0 atom stereocenters. The molecule has 0 unspecified atom stereocenters. The molecular formula is C14H27N3O2S. The number of nitrogens with zero attached hydrogens (tertiary/aromatic N) is 2. The number of nitrogens with two attached hydrogens (primary N) is 1. The van der Waals surface area contributed by atoms with Crippen LogP contribution in [-0.2, 0) is 9.53 Å². The lowest BCUT2D eigenvalue weighted by Crippen LogP contribution is -2.39. The first-order chi connectivity index (χ1) is 9.52. The summed E-state index contributed by atoms with van der Waals surface area (Å²) in [6.07, 6.45) is 3.70. The van der Waals surface area contributed by atoms with Crippen LogP contribution in [0.4, 0.5) is 0 Å². The van der Waals surface area contributed by atoms with Gasteiger partial charge in [0.1, 0.15) is 0 Å². The molecule has 0 spiro atoms. The zero-order valence-electron chi connectivity index (χ0n) is 12.6. The maximum Gasteiger partial charge on any atom is 0.223 e. The van der Waals surface area contributed by atoms with Crippen molar-refractivity contribution >= 4 is 23.1 Å². The second-order valence-corrected chi connectivity index (χ2v) is 5.80. The van der Waals surface area contributed by atoms with E-state index in [-0.39, 0.29) is 5.91 Å². The molecule has 1 heterocycles. The first-order valence-electron chi connectivity index (χ1n) is 7.39. The van der Waals surface area contributed by atoms with E-state index in [0.717, 1.165) is 39.1 Å². The second-order valence-electron chi connectivity index (χ2n) is 5.28. The minimum Gasteiger partial charge on any atom is -0.393 e. The highest BCUT2D eigenvalue weighted by Gasteiger charge is 2.20. The molecule has 1 rings (SSSR count). The van der Waals surface area contributed by atoms with Crippen molar-refractivity contribution in [3.05, 3.63) is 0 Å². The van der Waals surface area contributed by atoms with E-state index in [1.807, 2.05) is 14.0 Å². The van der Waals surface area contributed by atoms with E-state index >= 15 is 0 Å².